The van der Waals surface area contributed by atoms with Gasteiger partial charge in [-0.05, 0) is 34.1 Å². The minimum atomic E-state index is 0.288. The molecule has 0 N–H and O–H groups in total. The molecular weight excluding hydrogens is 322 g/mol. The van der Waals surface area contributed by atoms with Crippen LogP contribution in [0, 0.1) is 11.3 Å². The van der Waals surface area contributed by atoms with Crippen molar-refractivity contribution in [2.75, 3.05) is 14.2 Å². The van der Waals surface area contributed by atoms with Gasteiger partial charge in [-0.2, -0.15) is 5.26 Å². The average Bonchev–Trinajstić information content (AvgIpc) is 2.75. The van der Waals surface area contributed by atoms with E-state index in [1.165, 1.54) is 0 Å². The van der Waals surface area contributed by atoms with Gasteiger partial charge >= 0.3 is 0 Å². The molecule has 0 aliphatic heterocycles. The highest BCUT2D eigenvalue weighted by Gasteiger charge is 2.17. The Balaban J connectivity index is 2.62. The van der Waals surface area contributed by atoms with Gasteiger partial charge in [-0.25, -0.2) is 4.98 Å². The number of nitrogens with zero attached hydrogens (tertiary/aromatic N) is 3. The predicted octanol–water partition coefficient (Wildman–Crippen LogP) is 2.93. The SMILES string of the molecule is COc1ccc(OC)c(-c2nc(Br)c(CC#N)n2C)c1. The number of rotatable bonds is 4. The van der Waals surface area contributed by atoms with Crippen molar-refractivity contribution in [2.45, 2.75) is 6.42 Å². The number of aromatic nitrogens is 2. The summed E-state index contributed by atoms with van der Waals surface area (Å²) in [5, 5.41) is 8.87. The van der Waals surface area contributed by atoms with Crippen molar-refractivity contribution in [3.05, 3.63) is 28.5 Å². The zero-order chi connectivity index (χ0) is 14.7. The molecule has 20 heavy (non-hydrogen) atoms. The highest BCUT2D eigenvalue weighted by atomic mass is 79.9. The highest BCUT2D eigenvalue weighted by Crippen LogP contribution is 2.34. The predicted molar refractivity (Wildman–Crippen MR) is 78.8 cm³/mol. The molecule has 1 heterocycles. The van der Waals surface area contributed by atoms with Crippen molar-refractivity contribution in [1.82, 2.24) is 9.55 Å². The number of methoxy groups -OCH3 is 2. The second-order valence-electron chi connectivity index (χ2n) is 4.13. The Morgan fingerprint density at radius 3 is 2.70 bits per heavy atom. The Bertz CT molecular complexity index is 674. The molecule has 0 saturated carbocycles. The number of imidazole rings is 1. The Kier molecular flexibility index (Phi) is 4.30. The van der Waals surface area contributed by atoms with Crippen molar-refractivity contribution in [1.29, 1.82) is 5.26 Å². The van der Waals surface area contributed by atoms with Crippen molar-refractivity contribution >= 4 is 15.9 Å². The minimum absolute atomic E-state index is 0.288. The van der Waals surface area contributed by atoms with Crippen LogP contribution in [0.3, 0.4) is 0 Å². The van der Waals surface area contributed by atoms with Crippen LogP contribution in [-0.4, -0.2) is 23.8 Å². The maximum absolute atomic E-state index is 8.87. The fourth-order valence-corrected chi connectivity index (χ4v) is 2.57. The van der Waals surface area contributed by atoms with Gasteiger partial charge in [0.15, 0.2) is 0 Å². The van der Waals surface area contributed by atoms with Crippen LogP contribution in [0.1, 0.15) is 5.69 Å². The van der Waals surface area contributed by atoms with Gasteiger partial charge in [0, 0.05) is 7.05 Å². The maximum Gasteiger partial charge on any atom is 0.145 e. The second-order valence-corrected chi connectivity index (χ2v) is 4.88. The Labute approximate surface area is 125 Å². The van der Waals surface area contributed by atoms with Gasteiger partial charge in [0.25, 0.3) is 0 Å². The fourth-order valence-electron chi connectivity index (χ4n) is 1.99. The van der Waals surface area contributed by atoms with E-state index in [9.17, 15) is 0 Å². The van der Waals surface area contributed by atoms with Gasteiger partial charge in [0.1, 0.15) is 21.9 Å². The lowest BCUT2D eigenvalue weighted by molar-refractivity contribution is 0.404. The lowest BCUT2D eigenvalue weighted by atomic mass is 10.1. The van der Waals surface area contributed by atoms with E-state index >= 15 is 0 Å². The molecule has 0 amide bonds. The molecule has 2 aromatic rings. The summed E-state index contributed by atoms with van der Waals surface area (Å²) >= 11 is 3.39. The molecule has 1 aromatic carbocycles. The van der Waals surface area contributed by atoms with Crippen LogP contribution in [-0.2, 0) is 13.5 Å². The molecule has 2 rings (SSSR count). The smallest absolute Gasteiger partial charge is 0.145 e. The number of nitriles is 1. The van der Waals surface area contributed by atoms with Gasteiger partial charge in [0.05, 0.1) is 38.0 Å². The molecule has 6 heteroatoms. The number of halogens is 1. The molecule has 0 radical (unpaired) electrons. The number of hydrogen-bond donors (Lipinski definition) is 0. The van der Waals surface area contributed by atoms with Crippen LogP contribution in [0.5, 0.6) is 11.5 Å². The van der Waals surface area contributed by atoms with E-state index in [0.717, 1.165) is 22.8 Å². The molecule has 104 valence electrons. The lowest BCUT2D eigenvalue weighted by Gasteiger charge is -2.10. The molecule has 0 atom stereocenters. The molecule has 0 saturated heterocycles. The van der Waals surface area contributed by atoms with Crippen LogP contribution in [0.4, 0.5) is 0 Å². The fraction of sp³-hybridized carbons (Fsp3) is 0.286. The second kappa shape index (κ2) is 5.97. The van der Waals surface area contributed by atoms with Gasteiger partial charge in [-0.3, -0.25) is 0 Å². The van der Waals surface area contributed by atoms with Gasteiger partial charge < -0.3 is 14.0 Å². The largest absolute Gasteiger partial charge is 0.497 e. The maximum atomic E-state index is 8.87. The molecular formula is C14H14BrN3O2. The topological polar surface area (TPSA) is 60.1 Å². The molecule has 5 nitrogen and oxygen atoms in total. The first-order valence-corrected chi connectivity index (χ1v) is 6.72. The van der Waals surface area contributed by atoms with Crippen LogP contribution in [0.2, 0.25) is 0 Å². The van der Waals surface area contributed by atoms with E-state index in [0.29, 0.717) is 10.4 Å². The van der Waals surface area contributed by atoms with Gasteiger partial charge in [0.2, 0.25) is 0 Å². The molecule has 1 aromatic heterocycles. The first-order chi connectivity index (χ1) is 9.62. The Morgan fingerprint density at radius 1 is 1.35 bits per heavy atom. The minimum Gasteiger partial charge on any atom is -0.497 e. The summed E-state index contributed by atoms with van der Waals surface area (Å²) in [5.41, 5.74) is 1.65. The summed E-state index contributed by atoms with van der Waals surface area (Å²) in [7, 11) is 5.10. The molecule has 0 bridgehead atoms. The van der Waals surface area contributed by atoms with Gasteiger partial charge in [-0.15, -0.1) is 0 Å². The number of ether oxygens (including phenoxy) is 2. The van der Waals surface area contributed by atoms with Crippen molar-refractivity contribution in [3.63, 3.8) is 0 Å². The van der Waals surface area contributed by atoms with Crippen LogP contribution in [0.25, 0.3) is 11.4 Å². The standard InChI is InChI=1S/C14H14BrN3O2/c1-18-11(6-7-16)13(15)17-14(18)10-8-9(19-2)4-5-12(10)20-3/h4-5,8H,6H2,1-3H3. The summed E-state index contributed by atoms with van der Waals surface area (Å²) in [6.45, 7) is 0. The van der Waals surface area contributed by atoms with E-state index in [2.05, 4.69) is 27.0 Å². The van der Waals surface area contributed by atoms with Crippen LogP contribution < -0.4 is 9.47 Å². The van der Waals surface area contributed by atoms with E-state index in [1.807, 2.05) is 29.8 Å². The number of hydrogen-bond acceptors (Lipinski definition) is 4. The third-order valence-electron chi connectivity index (χ3n) is 3.06. The van der Waals surface area contributed by atoms with E-state index in [4.69, 9.17) is 14.7 Å². The third-order valence-corrected chi connectivity index (χ3v) is 3.69. The first-order valence-electron chi connectivity index (χ1n) is 5.92. The van der Waals surface area contributed by atoms with Gasteiger partial charge in [-0.1, -0.05) is 0 Å². The van der Waals surface area contributed by atoms with Crippen LogP contribution in [0.15, 0.2) is 22.8 Å². The Morgan fingerprint density at radius 2 is 2.10 bits per heavy atom. The average molecular weight is 336 g/mol. The monoisotopic (exact) mass is 335 g/mol. The van der Waals surface area contributed by atoms with Crippen LogP contribution >= 0.6 is 15.9 Å². The summed E-state index contributed by atoms with van der Waals surface area (Å²) in [6, 6.07) is 7.66. The summed E-state index contributed by atoms with van der Waals surface area (Å²) in [5.74, 6) is 2.15. The van der Waals surface area contributed by atoms with Crippen molar-refractivity contribution in [3.8, 4) is 29.0 Å². The Hall–Kier alpha value is -2.00. The summed E-state index contributed by atoms with van der Waals surface area (Å²) < 4.78 is 13.2. The van der Waals surface area contributed by atoms with Crippen molar-refractivity contribution in [2.24, 2.45) is 7.05 Å². The quantitative estimate of drug-likeness (QED) is 0.861. The molecule has 0 aliphatic carbocycles. The summed E-state index contributed by atoms with van der Waals surface area (Å²) in [6.07, 6.45) is 0.288. The zero-order valence-corrected chi connectivity index (χ0v) is 13.1. The van der Waals surface area contributed by atoms with E-state index in [-0.39, 0.29) is 6.42 Å². The highest BCUT2D eigenvalue weighted by molar-refractivity contribution is 9.10. The van der Waals surface area contributed by atoms with E-state index in [1.54, 1.807) is 14.2 Å². The molecule has 0 aliphatic rings. The normalized spacial score (nSPS) is 10.2. The molecule has 0 spiro atoms. The number of benzene rings is 1. The summed E-state index contributed by atoms with van der Waals surface area (Å²) in [4.78, 5) is 4.48. The van der Waals surface area contributed by atoms with E-state index < -0.39 is 0 Å². The molecule has 0 unspecified atom stereocenters. The third kappa shape index (κ3) is 2.49. The first kappa shape index (κ1) is 14.4. The van der Waals surface area contributed by atoms with Crippen molar-refractivity contribution < 1.29 is 9.47 Å². The zero-order valence-electron chi connectivity index (χ0n) is 11.5. The molecule has 0 fully saturated rings. The lowest BCUT2D eigenvalue weighted by Crippen LogP contribution is -2.00.